The monoisotopic (exact) mass is 247 g/mol. The zero-order valence-electron chi connectivity index (χ0n) is 9.98. The first-order valence-electron chi connectivity index (χ1n) is 4.72. The molecule has 0 aliphatic rings. The van der Waals surface area contributed by atoms with E-state index in [-0.39, 0.29) is 6.61 Å². The summed E-state index contributed by atoms with van der Waals surface area (Å²) in [6, 6.07) is 2.33. The molecule has 0 aromatic heterocycles. The van der Waals surface area contributed by atoms with Gasteiger partial charge in [-0.15, -0.1) is 0 Å². The number of nitrogens with zero attached hydrogens (tertiary/aromatic N) is 1. The summed E-state index contributed by atoms with van der Waals surface area (Å²) in [4.78, 5) is 10.6. The number of hydrogen-bond donors (Lipinski definition) is 0. The molecule has 0 fully saturated rings. The summed E-state index contributed by atoms with van der Waals surface area (Å²) in [5.41, 5.74) is 0. The smallest absolute Gasteiger partial charge is 0.464 e. The molecule has 1 atom stereocenters. The zero-order valence-corrected chi connectivity index (χ0v) is 11.0. The third-order valence-corrected chi connectivity index (χ3v) is 4.96. The van der Waals surface area contributed by atoms with Gasteiger partial charge in [-0.3, -0.25) is 4.79 Å². The average molecular weight is 247 g/mol. The molecule has 0 aliphatic heterocycles. The van der Waals surface area contributed by atoms with Crippen LogP contribution in [0.5, 0.6) is 0 Å². The molecule has 0 rings (SSSR count). The van der Waals surface area contributed by atoms with Gasteiger partial charge in [0.25, 0.3) is 0 Å². The molecule has 1 unspecified atom stereocenters. The van der Waals surface area contributed by atoms with Gasteiger partial charge in [0.1, 0.15) is 6.61 Å². The van der Waals surface area contributed by atoms with Crippen molar-refractivity contribution in [1.82, 2.24) is 0 Å². The van der Waals surface area contributed by atoms with Gasteiger partial charge in [-0.1, -0.05) is 0 Å². The fraction of sp³-hybridized carbons (Fsp3) is 0.778. The molecule has 0 heterocycles. The van der Waals surface area contributed by atoms with E-state index in [1.54, 1.807) is 0 Å². The Morgan fingerprint density at radius 3 is 2.12 bits per heavy atom. The maximum Gasteiger partial charge on any atom is 0.501 e. The van der Waals surface area contributed by atoms with Crippen LogP contribution in [-0.4, -0.2) is 42.7 Å². The molecule has 0 aromatic rings. The van der Waals surface area contributed by atoms with E-state index < -0.39 is 20.7 Å². The van der Waals surface area contributed by atoms with Crippen molar-refractivity contribution in [2.45, 2.75) is 13.0 Å². The van der Waals surface area contributed by atoms with Gasteiger partial charge in [0.15, 0.2) is 0 Å². The van der Waals surface area contributed by atoms with Crippen molar-refractivity contribution in [1.29, 1.82) is 5.26 Å². The Bertz CT molecular complexity index is 253. The Balaban J connectivity index is 4.39. The molecule has 6 nitrogen and oxygen atoms in total. The SMILES string of the molecule is CO[Si](CC(C#N)COC(C)=O)(OC)OC. The number of esters is 1. The molecule has 0 aliphatic carbocycles. The Hall–Kier alpha value is -0.943. The average Bonchev–Trinajstić information content (AvgIpc) is 2.30. The summed E-state index contributed by atoms with van der Waals surface area (Å²) in [7, 11) is 1.63. The predicted molar refractivity (Wildman–Crippen MR) is 57.3 cm³/mol. The first-order chi connectivity index (χ1) is 7.53. The lowest BCUT2D eigenvalue weighted by atomic mass is 10.2. The highest BCUT2D eigenvalue weighted by atomic mass is 28.4. The van der Waals surface area contributed by atoms with E-state index in [0.717, 1.165) is 0 Å². The number of carbonyl (C=O) groups excluding carboxylic acids is 1. The molecule has 0 amide bonds. The fourth-order valence-corrected chi connectivity index (χ4v) is 2.97. The fourth-order valence-electron chi connectivity index (χ4n) is 1.16. The second-order valence-corrected chi connectivity index (χ2v) is 6.13. The third-order valence-electron chi connectivity index (χ3n) is 2.10. The first kappa shape index (κ1) is 15.1. The lowest BCUT2D eigenvalue weighted by Gasteiger charge is -2.25. The standard InChI is InChI=1S/C9H17NO5Si/c1-8(11)15-6-9(5-10)7-16(12-2,13-3)14-4/h9H,6-7H2,1-4H3. The second-order valence-electron chi connectivity index (χ2n) is 3.13. The molecular weight excluding hydrogens is 230 g/mol. The van der Waals surface area contributed by atoms with E-state index in [0.29, 0.717) is 6.04 Å². The van der Waals surface area contributed by atoms with Gasteiger partial charge in [0.2, 0.25) is 0 Å². The van der Waals surface area contributed by atoms with Gasteiger partial charge in [0, 0.05) is 34.3 Å². The maximum absolute atomic E-state index is 10.6. The first-order valence-corrected chi connectivity index (χ1v) is 6.65. The van der Waals surface area contributed by atoms with Crippen LogP contribution in [0.15, 0.2) is 0 Å². The van der Waals surface area contributed by atoms with Gasteiger partial charge < -0.3 is 18.0 Å². The van der Waals surface area contributed by atoms with Crippen LogP contribution in [0.4, 0.5) is 0 Å². The van der Waals surface area contributed by atoms with E-state index in [1.165, 1.54) is 28.3 Å². The van der Waals surface area contributed by atoms with Gasteiger partial charge >= 0.3 is 14.8 Å². The van der Waals surface area contributed by atoms with Crippen LogP contribution in [0, 0.1) is 17.2 Å². The van der Waals surface area contributed by atoms with Crippen molar-refractivity contribution in [3.63, 3.8) is 0 Å². The van der Waals surface area contributed by atoms with Gasteiger partial charge in [-0.25, -0.2) is 0 Å². The van der Waals surface area contributed by atoms with Crippen molar-refractivity contribution >= 4 is 14.8 Å². The highest BCUT2D eigenvalue weighted by Crippen LogP contribution is 2.19. The van der Waals surface area contributed by atoms with E-state index >= 15 is 0 Å². The molecule has 7 heteroatoms. The van der Waals surface area contributed by atoms with Crippen molar-refractivity contribution in [2.24, 2.45) is 5.92 Å². The van der Waals surface area contributed by atoms with Crippen molar-refractivity contribution in [3.05, 3.63) is 0 Å². The van der Waals surface area contributed by atoms with Crippen molar-refractivity contribution in [2.75, 3.05) is 27.9 Å². The van der Waals surface area contributed by atoms with E-state index in [1.807, 2.05) is 6.07 Å². The van der Waals surface area contributed by atoms with Gasteiger partial charge in [0.05, 0.1) is 12.0 Å². The highest BCUT2D eigenvalue weighted by Gasteiger charge is 2.41. The molecule has 0 radical (unpaired) electrons. The summed E-state index contributed by atoms with van der Waals surface area (Å²) in [6.07, 6.45) is 0. The number of carbonyl (C=O) groups is 1. The minimum absolute atomic E-state index is 0.0245. The molecule has 0 bridgehead atoms. The highest BCUT2D eigenvalue weighted by molar-refractivity contribution is 6.60. The van der Waals surface area contributed by atoms with E-state index in [9.17, 15) is 4.79 Å². The number of nitriles is 1. The number of hydrogen-bond acceptors (Lipinski definition) is 6. The van der Waals surface area contributed by atoms with Crippen LogP contribution in [-0.2, 0) is 22.8 Å². The Morgan fingerprint density at radius 2 is 1.81 bits per heavy atom. The molecule has 0 saturated heterocycles. The molecule has 0 spiro atoms. The van der Waals surface area contributed by atoms with Gasteiger partial charge in [-0.2, -0.15) is 5.26 Å². The van der Waals surface area contributed by atoms with Crippen LogP contribution in [0.3, 0.4) is 0 Å². The van der Waals surface area contributed by atoms with Gasteiger partial charge in [-0.05, 0) is 0 Å². The maximum atomic E-state index is 10.6. The Kier molecular flexibility index (Phi) is 6.92. The van der Waals surface area contributed by atoms with Crippen LogP contribution in [0.25, 0.3) is 0 Å². The Labute approximate surface area is 96.4 Å². The topological polar surface area (TPSA) is 77.8 Å². The molecule has 16 heavy (non-hydrogen) atoms. The lowest BCUT2D eigenvalue weighted by molar-refractivity contribution is -0.141. The van der Waals surface area contributed by atoms with Crippen LogP contribution >= 0.6 is 0 Å². The van der Waals surface area contributed by atoms with Crippen LogP contribution in [0.2, 0.25) is 6.04 Å². The molecule has 92 valence electrons. The van der Waals surface area contributed by atoms with Crippen LogP contribution < -0.4 is 0 Å². The summed E-state index contributed by atoms with van der Waals surface area (Å²) in [5, 5.41) is 8.90. The minimum Gasteiger partial charge on any atom is -0.464 e. The molecule has 0 N–H and O–H groups in total. The normalized spacial score (nSPS) is 12.9. The summed E-state index contributed by atoms with van der Waals surface area (Å²) >= 11 is 0. The van der Waals surface area contributed by atoms with E-state index in [2.05, 4.69) is 0 Å². The Morgan fingerprint density at radius 1 is 1.31 bits per heavy atom. The summed E-state index contributed by atoms with van der Waals surface area (Å²) in [5.74, 6) is -0.907. The molecule has 0 aromatic carbocycles. The zero-order chi connectivity index (χ0) is 12.6. The molecular formula is C9H17NO5Si. The summed E-state index contributed by atoms with van der Waals surface area (Å²) in [6.45, 7) is 1.32. The van der Waals surface area contributed by atoms with Crippen molar-refractivity contribution < 1.29 is 22.8 Å². The summed E-state index contributed by atoms with van der Waals surface area (Å²) < 4.78 is 20.3. The number of ether oxygens (including phenoxy) is 1. The lowest BCUT2D eigenvalue weighted by Crippen LogP contribution is -2.44. The quantitative estimate of drug-likeness (QED) is 0.483. The second kappa shape index (κ2) is 7.35. The van der Waals surface area contributed by atoms with Crippen molar-refractivity contribution in [3.8, 4) is 6.07 Å². The molecule has 0 saturated carbocycles. The third kappa shape index (κ3) is 4.72. The largest absolute Gasteiger partial charge is 0.501 e. The number of rotatable bonds is 7. The predicted octanol–water partition coefficient (Wildman–Crippen LogP) is 0.567. The van der Waals surface area contributed by atoms with E-state index in [4.69, 9.17) is 23.3 Å². The van der Waals surface area contributed by atoms with Crippen LogP contribution in [0.1, 0.15) is 6.92 Å². The minimum atomic E-state index is -2.79.